The van der Waals surface area contributed by atoms with Crippen LogP contribution in [0.3, 0.4) is 0 Å². The fourth-order valence-electron chi connectivity index (χ4n) is 4.35. The molecular formula is C32H41N3O4S. The molecule has 1 atom stereocenters. The topological polar surface area (TPSA) is 86.8 Å². The SMILES string of the molecule is Cc1ccc(S(=O)(=O)N(CC(=O)N(Cc2ccccc2C)[C@@H](C)C(=O)NC(C)C)c2ccc(C(C)C)cc2)cc1. The van der Waals surface area contributed by atoms with Gasteiger partial charge >= 0.3 is 0 Å². The second kappa shape index (κ2) is 13.1. The fourth-order valence-corrected chi connectivity index (χ4v) is 5.76. The molecule has 0 spiro atoms. The van der Waals surface area contributed by atoms with E-state index in [4.69, 9.17) is 0 Å². The monoisotopic (exact) mass is 563 g/mol. The van der Waals surface area contributed by atoms with Gasteiger partial charge in [-0.05, 0) is 81.5 Å². The summed E-state index contributed by atoms with van der Waals surface area (Å²) in [7, 11) is -4.09. The maximum atomic E-state index is 14.0. The van der Waals surface area contributed by atoms with Gasteiger partial charge in [-0.1, -0.05) is 67.9 Å². The third-order valence-corrected chi connectivity index (χ3v) is 8.72. The van der Waals surface area contributed by atoms with Gasteiger partial charge in [-0.3, -0.25) is 13.9 Å². The molecule has 2 amide bonds. The molecular weight excluding hydrogens is 522 g/mol. The summed E-state index contributed by atoms with van der Waals surface area (Å²) in [5.74, 6) is -0.507. The number of benzene rings is 3. The summed E-state index contributed by atoms with van der Waals surface area (Å²) in [5, 5.41) is 2.88. The van der Waals surface area contributed by atoms with E-state index in [-0.39, 0.29) is 29.3 Å². The molecule has 8 heteroatoms. The number of nitrogens with one attached hydrogen (secondary N) is 1. The van der Waals surface area contributed by atoms with Gasteiger partial charge in [-0.15, -0.1) is 0 Å². The Morgan fingerprint density at radius 1 is 0.825 bits per heavy atom. The minimum atomic E-state index is -4.09. The first kappa shape index (κ1) is 30.9. The van der Waals surface area contributed by atoms with E-state index in [1.807, 2.05) is 64.1 Å². The Balaban J connectivity index is 2.06. The van der Waals surface area contributed by atoms with Gasteiger partial charge < -0.3 is 10.2 Å². The van der Waals surface area contributed by atoms with Crippen LogP contribution in [0, 0.1) is 13.8 Å². The van der Waals surface area contributed by atoms with Crippen LogP contribution in [0.2, 0.25) is 0 Å². The van der Waals surface area contributed by atoms with E-state index in [1.165, 1.54) is 4.90 Å². The Bertz CT molecular complexity index is 1420. The molecule has 0 aromatic heterocycles. The van der Waals surface area contributed by atoms with E-state index in [1.54, 1.807) is 43.3 Å². The van der Waals surface area contributed by atoms with E-state index in [0.29, 0.717) is 5.69 Å². The van der Waals surface area contributed by atoms with Crippen LogP contribution in [0.4, 0.5) is 5.69 Å². The van der Waals surface area contributed by atoms with Gasteiger partial charge in [0, 0.05) is 12.6 Å². The number of aryl methyl sites for hydroxylation is 2. The van der Waals surface area contributed by atoms with Crippen molar-refractivity contribution in [3.8, 4) is 0 Å². The Labute approximate surface area is 239 Å². The largest absolute Gasteiger partial charge is 0.352 e. The van der Waals surface area contributed by atoms with E-state index in [9.17, 15) is 18.0 Å². The van der Waals surface area contributed by atoms with Crippen molar-refractivity contribution in [2.75, 3.05) is 10.8 Å². The van der Waals surface area contributed by atoms with Gasteiger partial charge in [-0.2, -0.15) is 0 Å². The first-order chi connectivity index (χ1) is 18.8. The fraction of sp³-hybridized carbons (Fsp3) is 0.375. The summed E-state index contributed by atoms with van der Waals surface area (Å²) < 4.78 is 29.1. The van der Waals surface area contributed by atoms with E-state index in [2.05, 4.69) is 19.2 Å². The molecule has 0 saturated heterocycles. The molecule has 7 nitrogen and oxygen atoms in total. The van der Waals surface area contributed by atoms with Crippen LogP contribution in [-0.4, -0.2) is 43.8 Å². The smallest absolute Gasteiger partial charge is 0.264 e. The number of rotatable bonds is 11. The normalized spacial score (nSPS) is 12.3. The Morgan fingerprint density at radius 3 is 1.98 bits per heavy atom. The Hall–Kier alpha value is -3.65. The highest BCUT2D eigenvalue weighted by molar-refractivity contribution is 7.92. The van der Waals surface area contributed by atoms with Crippen LogP contribution < -0.4 is 9.62 Å². The highest BCUT2D eigenvalue weighted by atomic mass is 32.2. The number of sulfonamides is 1. The average Bonchev–Trinajstić information content (AvgIpc) is 2.90. The molecule has 40 heavy (non-hydrogen) atoms. The minimum Gasteiger partial charge on any atom is -0.352 e. The Kier molecular flexibility index (Phi) is 10.1. The van der Waals surface area contributed by atoms with Crippen molar-refractivity contribution >= 4 is 27.5 Å². The molecule has 0 aliphatic heterocycles. The number of hydrogen-bond donors (Lipinski definition) is 1. The highest BCUT2D eigenvalue weighted by Crippen LogP contribution is 2.27. The average molecular weight is 564 g/mol. The Morgan fingerprint density at radius 2 is 1.43 bits per heavy atom. The molecule has 0 bridgehead atoms. The lowest BCUT2D eigenvalue weighted by Crippen LogP contribution is -2.52. The summed E-state index contributed by atoms with van der Waals surface area (Å²) in [4.78, 5) is 28.6. The van der Waals surface area contributed by atoms with Gasteiger partial charge in [0.1, 0.15) is 12.6 Å². The van der Waals surface area contributed by atoms with Crippen molar-refractivity contribution in [3.05, 3.63) is 95.1 Å². The number of anilines is 1. The van der Waals surface area contributed by atoms with Crippen LogP contribution >= 0.6 is 0 Å². The van der Waals surface area contributed by atoms with Gasteiger partial charge in [0.25, 0.3) is 10.0 Å². The lowest BCUT2D eigenvalue weighted by molar-refractivity contribution is -0.139. The second-order valence-electron chi connectivity index (χ2n) is 10.9. The maximum Gasteiger partial charge on any atom is 0.264 e. The molecule has 1 N–H and O–H groups in total. The van der Waals surface area contributed by atoms with Gasteiger partial charge in [0.05, 0.1) is 10.6 Å². The third-order valence-electron chi connectivity index (χ3n) is 6.94. The summed E-state index contributed by atoms with van der Waals surface area (Å²) in [6.07, 6.45) is 0. The zero-order valence-electron chi connectivity index (χ0n) is 24.5. The third kappa shape index (κ3) is 7.50. The summed E-state index contributed by atoms with van der Waals surface area (Å²) in [6, 6.07) is 20.5. The standard InChI is InChI=1S/C32H41N3O4S/c1-22(2)27-14-16-29(17-15-27)35(40(38,39)30-18-12-24(5)13-19-30)21-31(36)34(26(7)32(37)33-23(3)4)20-28-11-9-8-10-25(28)6/h8-19,22-23,26H,20-21H2,1-7H3,(H,33,37)/t26-/m0/s1. The summed E-state index contributed by atoms with van der Waals surface area (Å²) in [6.45, 7) is 13.1. The van der Waals surface area contributed by atoms with Crippen molar-refractivity contribution in [3.63, 3.8) is 0 Å². The van der Waals surface area contributed by atoms with Gasteiger partial charge in [-0.25, -0.2) is 8.42 Å². The predicted octanol–water partition coefficient (Wildman–Crippen LogP) is 5.56. The molecule has 0 heterocycles. The molecule has 0 saturated carbocycles. The van der Waals surface area contributed by atoms with Crippen LogP contribution in [-0.2, 0) is 26.2 Å². The molecule has 214 valence electrons. The van der Waals surface area contributed by atoms with Crippen LogP contribution in [0.5, 0.6) is 0 Å². The highest BCUT2D eigenvalue weighted by Gasteiger charge is 2.33. The van der Waals surface area contributed by atoms with Crippen molar-refractivity contribution in [1.29, 1.82) is 0 Å². The van der Waals surface area contributed by atoms with E-state index < -0.39 is 28.5 Å². The predicted molar refractivity (Wildman–Crippen MR) is 161 cm³/mol. The lowest BCUT2D eigenvalue weighted by Gasteiger charge is -2.32. The van der Waals surface area contributed by atoms with Gasteiger partial charge in [0.15, 0.2) is 0 Å². The minimum absolute atomic E-state index is 0.0925. The van der Waals surface area contributed by atoms with Crippen molar-refractivity contribution in [2.45, 2.75) is 77.9 Å². The zero-order valence-corrected chi connectivity index (χ0v) is 25.3. The number of hydrogen-bond acceptors (Lipinski definition) is 4. The second-order valence-corrected chi connectivity index (χ2v) is 12.7. The number of carbonyl (C=O) groups excluding carboxylic acids is 2. The molecule has 0 fully saturated rings. The molecule has 0 aliphatic carbocycles. The molecule has 3 rings (SSSR count). The molecule has 0 radical (unpaired) electrons. The van der Waals surface area contributed by atoms with E-state index >= 15 is 0 Å². The first-order valence-electron chi connectivity index (χ1n) is 13.6. The van der Waals surface area contributed by atoms with Crippen molar-refractivity contribution in [1.82, 2.24) is 10.2 Å². The van der Waals surface area contributed by atoms with Crippen LogP contribution in [0.25, 0.3) is 0 Å². The number of amides is 2. The summed E-state index contributed by atoms with van der Waals surface area (Å²) >= 11 is 0. The molecule has 0 aliphatic rings. The summed E-state index contributed by atoms with van der Waals surface area (Å²) in [5.41, 5.74) is 4.23. The molecule has 3 aromatic carbocycles. The lowest BCUT2D eigenvalue weighted by atomic mass is 10.0. The zero-order chi connectivity index (χ0) is 29.6. The van der Waals surface area contributed by atoms with E-state index in [0.717, 1.165) is 26.6 Å². The van der Waals surface area contributed by atoms with Crippen LogP contribution in [0.1, 0.15) is 62.8 Å². The number of carbonyl (C=O) groups is 2. The number of nitrogens with zero attached hydrogens (tertiary/aromatic N) is 2. The first-order valence-corrected chi connectivity index (χ1v) is 15.1. The van der Waals surface area contributed by atoms with Crippen molar-refractivity contribution < 1.29 is 18.0 Å². The molecule has 0 unspecified atom stereocenters. The van der Waals surface area contributed by atoms with Crippen LogP contribution in [0.15, 0.2) is 77.7 Å². The molecule has 3 aromatic rings. The van der Waals surface area contributed by atoms with Gasteiger partial charge in [0.2, 0.25) is 11.8 Å². The van der Waals surface area contributed by atoms with Crippen molar-refractivity contribution in [2.24, 2.45) is 0 Å². The maximum absolute atomic E-state index is 14.0. The quantitative estimate of drug-likeness (QED) is 0.331.